The predicted octanol–water partition coefficient (Wildman–Crippen LogP) is 5.75. The van der Waals surface area contributed by atoms with Crippen molar-refractivity contribution in [3.05, 3.63) is 75.9 Å². The number of thiazole rings is 1. The van der Waals surface area contributed by atoms with Gasteiger partial charge in [-0.3, -0.25) is 14.3 Å². The number of anilines is 1. The minimum Gasteiger partial charge on any atom is -0.444 e. The van der Waals surface area contributed by atoms with Crippen LogP contribution in [0.25, 0.3) is 32.8 Å². The fraction of sp³-hybridized carbons (Fsp3) is 0.333. The fourth-order valence-electron chi connectivity index (χ4n) is 4.88. The average molecular weight is 640 g/mol. The molecule has 15 heteroatoms. The second kappa shape index (κ2) is 12.0. The van der Waals surface area contributed by atoms with Gasteiger partial charge in [-0.25, -0.2) is 14.2 Å². The average Bonchev–Trinajstić information content (AvgIpc) is 3.62. The van der Waals surface area contributed by atoms with Crippen molar-refractivity contribution in [3.8, 4) is 22.6 Å². The maximum absolute atomic E-state index is 15.4. The van der Waals surface area contributed by atoms with Crippen LogP contribution in [0.1, 0.15) is 38.8 Å². The number of fused-ring (bicyclic) bond motifs is 1. The predicted molar refractivity (Wildman–Crippen MR) is 161 cm³/mol. The van der Waals surface area contributed by atoms with Gasteiger partial charge >= 0.3 is 17.4 Å². The summed E-state index contributed by atoms with van der Waals surface area (Å²) >= 11 is 0.990. The van der Waals surface area contributed by atoms with Crippen molar-refractivity contribution in [3.63, 3.8) is 0 Å². The van der Waals surface area contributed by atoms with Gasteiger partial charge in [-0.05, 0) is 57.2 Å². The van der Waals surface area contributed by atoms with Crippen LogP contribution in [0.3, 0.4) is 0 Å². The summed E-state index contributed by atoms with van der Waals surface area (Å²) in [6.07, 6.45) is -0.240. The number of hydrogen-bond donors (Lipinski definition) is 0. The molecule has 45 heavy (non-hydrogen) atoms. The van der Waals surface area contributed by atoms with Gasteiger partial charge in [-0.15, -0.1) is 10.2 Å². The van der Waals surface area contributed by atoms with E-state index >= 15 is 4.39 Å². The first-order valence-corrected chi connectivity index (χ1v) is 14.9. The minimum absolute atomic E-state index is 0.0709. The lowest BCUT2D eigenvalue weighted by Gasteiger charge is -2.36. The Morgan fingerprint density at radius 1 is 1.02 bits per heavy atom. The lowest BCUT2D eigenvalue weighted by Crippen LogP contribution is -2.50. The van der Waals surface area contributed by atoms with E-state index in [0.717, 1.165) is 11.3 Å². The summed E-state index contributed by atoms with van der Waals surface area (Å²) in [5.74, 6) is -0.676. The maximum Gasteiger partial charge on any atom is 0.410 e. The van der Waals surface area contributed by atoms with Gasteiger partial charge in [0.2, 0.25) is 5.89 Å². The van der Waals surface area contributed by atoms with Crippen molar-refractivity contribution in [1.29, 1.82) is 0 Å². The van der Waals surface area contributed by atoms with Crippen molar-refractivity contribution >= 4 is 33.5 Å². The van der Waals surface area contributed by atoms with Gasteiger partial charge in [0.05, 0.1) is 28.0 Å². The number of carbonyl (C=O) groups is 1. The molecule has 5 heterocycles. The van der Waals surface area contributed by atoms with Crippen LogP contribution in [0.5, 0.6) is 0 Å². The van der Waals surface area contributed by atoms with Crippen molar-refractivity contribution < 1.29 is 27.1 Å². The van der Waals surface area contributed by atoms with E-state index in [1.807, 2.05) is 26.8 Å². The molecule has 1 saturated heterocycles. The molecule has 0 spiro atoms. The topological polar surface area (TPSA) is 119 Å². The maximum atomic E-state index is 15.4. The number of alkyl halides is 2. The van der Waals surface area contributed by atoms with Gasteiger partial charge in [-0.2, -0.15) is 8.78 Å². The third kappa shape index (κ3) is 6.53. The molecule has 1 aliphatic rings. The molecule has 0 atom stereocenters. The standard InChI is InChI=1S/C30H28F3N7O4S/c1-30(2,3)44-28(41)39-10-8-38(9-11-39)24-7-5-17(14-35-24)20-12-23-22(13-21(20)31)40(29(42)45-23)16-19-6-4-18(15-34-19)26-36-37-27(43-26)25(32)33/h4-7,12-15,25H,8-11,16H2,1-3H3. The van der Waals surface area contributed by atoms with E-state index in [1.54, 1.807) is 35.4 Å². The number of rotatable bonds is 6. The molecule has 4 aromatic heterocycles. The number of halogens is 3. The van der Waals surface area contributed by atoms with E-state index in [4.69, 9.17) is 9.15 Å². The van der Waals surface area contributed by atoms with Gasteiger partial charge in [0.1, 0.15) is 17.2 Å². The highest BCUT2D eigenvalue weighted by atomic mass is 32.1. The number of aromatic nitrogens is 5. The number of piperazine rings is 1. The van der Waals surface area contributed by atoms with Crippen molar-refractivity contribution in [2.24, 2.45) is 0 Å². The first-order valence-electron chi connectivity index (χ1n) is 14.0. The van der Waals surface area contributed by atoms with Gasteiger partial charge < -0.3 is 19.0 Å². The zero-order chi connectivity index (χ0) is 31.9. The highest BCUT2D eigenvalue weighted by molar-refractivity contribution is 7.16. The van der Waals surface area contributed by atoms with Gasteiger partial charge in [0.15, 0.2) is 0 Å². The molecule has 234 valence electrons. The van der Waals surface area contributed by atoms with E-state index in [9.17, 15) is 18.4 Å². The van der Waals surface area contributed by atoms with Crippen LogP contribution in [-0.4, -0.2) is 67.5 Å². The van der Waals surface area contributed by atoms with Gasteiger partial charge in [0, 0.05) is 49.7 Å². The Bertz CT molecular complexity index is 1890. The van der Waals surface area contributed by atoms with Crippen LogP contribution in [0, 0.1) is 5.82 Å². The van der Waals surface area contributed by atoms with Crippen LogP contribution >= 0.6 is 11.3 Å². The molecule has 0 N–H and O–H groups in total. The minimum atomic E-state index is -2.88. The molecule has 11 nitrogen and oxygen atoms in total. The second-order valence-corrected chi connectivity index (χ2v) is 12.4. The van der Waals surface area contributed by atoms with Crippen molar-refractivity contribution in [2.45, 2.75) is 39.3 Å². The molecule has 0 unspecified atom stereocenters. The molecule has 1 amide bonds. The molecular weight excluding hydrogens is 611 g/mol. The SMILES string of the molecule is CC(C)(C)OC(=O)N1CCN(c2ccc(-c3cc4sc(=O)n(Cc5ccc(-c6nnc(C(F)F)o6)cn5)c4cc3F)cn2)CC1. The van der Waals surface area contributed by atoms with Crippen LogP contribution in [0.15, 0.2) is 58.0 Å². The fourth-order valence-corrected chi connectivity index (χ4v) is 5.79. The Labute approximate surface area is 258 Å². The first kappa shape index (κ1) is 30.2. The zero-order valence-corrected chi connectivity index (χ0v) is 25.4. The first-order chi connectivity index (χ1) is 21.4. The molecule has 5 aromatic rings. The third-order valence-corrected chi connectivity index (χ3v) is 8.03. The van der Waals surface area contributed by atoms with E-state index < -0.39 is 23.7 Å². The van der Waals surface area contributed by atoms with Crippen molar-refractivity contribution in [2.75, 3.05) is 31.1 Å². The molecule has 0 aliphatic carbocycles. The number of hydrogen-bond acceptors (Lipinski definition) is 10. The normalized spacial score (nSPS) is 14.0. The van der Waals surface area contributed by atoms with E-state index in [-0.39, 0.29) is 23.4 Å². The zero-order valence-electron chi connectivity index (χ0n) is 24.5. The van der Waals surface area contributed by atoms with Crippen LogP contribution in [0.2, 0.25) is 0 Å². The summed E-state index contributed by atoms with van der Waals surface area (Å²) in [4.78, 5) is 37.5. The summed E-state index contributed by atoms with van der Waals surface area (Å²) < 4.78 is 53.4. The summed E-state index contributed by atoms with van der Waals surface area (Å²) in [6.45, 7) is 7.74. The molecule has 1 fully saturated rings. The number of ether oxygens (including phenoxy) is 1. The van der Waals surface area contributed by atoms with Gasteiger partial charge in [-0.1, -0.05) is 11.3 Å². The molecule has 1 aromatic carbocycles. The molecule has 6 rings (SSSR count). The largest absolute Gasteiger partial charge is 0.444 e. The molecule has 1 aliphatic heterocycles. The Morgan fingerprint density at radius 3 is 2.38 bits per heavy atom. The highest BCUT2D eigenvalue weighted by Crippen LogP contribution is 2.30. The smallest absolute Gasteiger partial charge is 0.410 e. The van der Waals surface area contributed by atoms with Crippen LogP contribution in [0.4, 0.5) is 23.8 Å². The van der Waals surface area contributed by atoms with E-state index in [1.165, 1.54) is 16.8 Å². The Morgan fingerprint density at radius 2 is 1.76 bits per heavy atom. The molecule has 0 bridgehead atoms. The molecule has 0 radical (unpaired) electrons. The highest BCUT2D eigenvalue weighted by Gasteiger charge is 2.26. The van der Waals surface area contributed by atoms with E-state index in [0.29, 0.717) is 64.6 Å². The number of amides is 1. The lowest BCUT2D eigenvalue weighted by molar-refractivity contribution is 0.0240. The summed E-state index contributed by atoms with van der Waals surface area (Å²) in [5, 5.41) is 6.91. The number of pyridine rings is 2. The second-order valence-electron chi connectivity index (χ2n) is 11.4. The lowest BCUT2D eigenvalue weighted by atomic mass is 10.1. The van der Waals surface area contributed by atoms with E-state index in [2.05, 4.69) is 25.1 Å². The van der Waals surface area contributed by atoms with Gasteiger partial charge in [0.25, 0.3) is 5.89 Å². The number of nitrogens with zero attached hydrogens (tertiary/aromatic N) is 7. The third-order valence-electron chi connectivity index (χ3n) is 7.09. The number of carbonyl (C=O) groups excluding carboxylic acids is 1. The monoisotopic (exact) mass is 639 g/mol. The summed E-state index contributed by atoms with van der Waals surface area (Å²) in [5.41, 5.74) is 1.58. The van der Waals surface area contributed by atoms with Crippen molar-refractivity contribution in [1.82, 2.24) is 29.6 Å². The van der Waals surface area contributed by atoms with Crippen LogP contribution < -0.4 is 9.77 Å². The summed E-state index contributed by atoms with van der Waals surface area (Å²) in [7, 11) is 0. The Balaban J connectivity index is 1.15. The number of benzene rings is 1. The summed E-state index contributed by atoms with van der Waals surface area (Å²) in [6, 6.07) is 9.73. The quantitative estimate of drug-likeness (QED) is 0.229. The Kier molecular flexibility index (Phi) is 8.03. The Hall–Kier alpha value is -4.79. The molecular formula is C30H28F3N7O4S. The molecule has 0 saturated carbocycles. The van der Waals surface area contributed by atoms with Crippen LogP contribution in [-0.2, 0) is 11.3 Å².